The second-order valence-electron chi connectivity index (χ2n) is 3.11. The SMILES string of the molecule is CCCCCCCCOC(C)=O.Cl. The number of hydrogen-bond acceptors (Lipinski definition) is 2. The Labute approximate surface area is 87.5 Å². The summed E-state index contributed by atoms with van der Waals surface area (Å²) in [5, 5.41) is 0. The van der Waals surface area contributed by atoms with Crippen molar-refractivity contribution in [2.24, 2.45) is 0 Å². The van der Waals surface area contributed by atoms with E-state index in [0.717, 1.165) is 6.42 Å². The van der Waals surface area contributed by atoms with Gasteiger partial charge in [0.1, 0.15) is 0 Å². The average molecular weight is 209 g/mol. The van der Waals surface area contributed by atoms with Crippen molar-refractivity contribution >= 4 is 18.4 Å². The van der Waals surface area contributed by atoms with E-state index in [9.17, 15) is 4.79 Å². The minimum Gasteiger partial charge on any atom is -0.466 e. The molecule has 3 heteroatoms. The molecule has 0 aliphatic heterocycles. The molecule has 0 radical (unpaired) electrons. The highest BCUT2D eigenvalue weighted by atomic mass is 35.5. The van der Waals surface area contributed by atoms with E-state index in [1.165, 1.54) is 39.0 Å². The van der Waals surface area contributed by atoms with E-state index in [4.69, 9.17) is 4.74 Å². The largest absolute Gasteiger partial charge is 0.466 e. The van der Waals surface area contributed by atoms with Crippen molar-refractivity contribution in [3.63, 3.8) is 0 Å². The van der Waals surface area contributed by atoms with Gasteiger partial charge in [0.2, 0.25) is 0 Å². The zero-order chi connectivity index (χ0) is 9.23. The molecule has 13 heavy (non-hydrogen) atoms. The van der Waals surface area contributed by atoms with Gasteiger partial charge in [-0.1, -0.05) is 39.0 Å². The van der Waals surface area contributed by atoms with Crippen LogP contribution in [0.1, 0.15) is 52.4 Å². The van der Waals surface area contributed by atoms with Gasteiger partial charge in [0.05, 0.1) is 6.61 Å². The van der Waals surface area contributed by atoms with Crippen molar-refractivity contribution in [2.45, 2.75) is 52.4 Å². The van der Waals surface area contributed by atoms with Crippen molar-refractivity contribution < 1.29 is 9.53 Å². The lowest BCUT2D eigenvalue weighted by Crippen LogP contribution is -1.99. The molecule has 0 aliphatic rings. The minimum atomic E-state index is -0.163. The highest BCUT2D eigenvalue weighted by molar-refractivity contribution is 5.85. The maximum Gasteiger partial charge on any atom is 0.302 e. The smallest absolute Gasteiger partial charge is 0.302 e. The fraction of sp³-hybridized carbons (Fsp3) is 0.900. The monoisotopic (exact) mass is 208 g/mol. The first-order chi connectivity index (χ1) is 5.77. The predicted octanol–water partition coefficient (Wildman–Crippen LogP) is 3.33. The number of unbranched alkanes of at least 4 members (excludes halogenated alkanes) is 5. The molecule has 0 saturated carbocycles. The summed E-state index contributed by atoms with van der Waals surface area (Å²) in [5.74, 6) is -0.163. The summed E-state index contributed by atoms with van der Waals surface area (Å²) in [4.78, 5) is 10.4. The number of ether oxygens (including phenoxy) is 1. The van der Waals surface area contributed by atoms with Gasteiger partial charge >= 0.3 is 5.97 Å². The van der Waals surface area contributed by atoms with Crippen LogP contribution in [0.4, 0.5) is 0 Å². The molecule has 0 aromatic carbocycles. The Morgan fingerprint density at radius 3 is 2.15 bits per heavy atom. The van der Waals surface area contributed by atoms with Crippen LogP contribution in [0.2, 0.25) is 0 Å². The molecular weight excluding hydrogens is 188 g/mol. The van der Waals surface area contributed by atoms with Crippen molar-refractivity contribution in [1.29, 1.82) is 0 Å². The van der Waals surface area contributed by atoms with Gasteiger partial charge in [-0.15, -0.1) is 12.4 Å². The number of carbonyl (C=O) groups excluding carboxylic acids is 1. The van der Waals surface area contributed by atoms with Crippen molar-refractivity contribution in [2.75, 3.05) is 6.61 Å². The van der Waals surface area contributed by atoms with Gasteiger partial charge in [0.25, 0.3) is 0 Å². The highest BCUT2D eigenvalue weighted by Gasteiger charge is 1.92. The lowest BCUT2D eigenvalue weighted by Gasteiger charge is -2.01. The highest BCUT2D eigenvalue weighted by Crippen LogP contribution is 2.04. The standard InChI is InChI=1S/C10H20O2.ClH/c1-3-4-5-6-7-8-9-12-10(2)11;/h3-9H2,1-2H3;1H. The second kappa shape index (κ2) is 11.8. The third-order valence-corrected chi connectivity index (χ3v) is 1.80. The number of halogens is 1. The molecule has 0 rings (SSSR count). The molecule has 0 aliphatic carbocycles. The van der Waals surface area contributed by atoms with Crippen LogP contribution in [-0.4, -0.2) is 12.6 Å². The molecule has 0 atom stereocenters. The topological polar surface area (TPSA) is 26.3 Å². The Hall–Kier alpha value is -0.240. The fourth-order valence-corrected chi connectivity index (χ4v) is 1.10. The van der Waals surface area contributed by atoms with Crippen molar-refractivity contribution in [1.82, 2.24) is 0 Å². The first-order valence-electron chi connectivity index (χ1n) is 4.90. The molecule has 0 saturated heterocycles. The lowest BCUT2D eigenvalue weighted by molar-refractivity contribution is -0.141. The second-order valence-corrected chi connectivity index (χ2v) is 3.11. The van der Waals surface area contributed by atoms with Gasteiger partial charge in [-0.05, 0) is 6.42 Å². The summed E-state index contributed by atoms with van der Waals surface area (Å²) in [7, 11) is 0. The Kier molecular flexibility index (Phi) is 13.8. The summed E-state index contributed by atoms with van der Waals surface area (Å²) in [6, 6.07) is 0. The predicted molar refractivity (Wildman–Crippen MR) is 57.3 cm³/mol. The van der Waals surface area contributed by atoms with Crippen LogP contribution in [0.25, 0.3) is 0 Å². The number of carbonyl (C=O) groups is 1. The first-order valence-corrected chi connectivity index (χ1v) is 4.90. The van der Waals surface area contributed by atoms with Crippen LogP contribution in [0.15, 0.2) is 0 Å². The zero-order valence-electron chi connectivity index (χ0n) is 8.67. The van der Waals surface area contributed by atoms with Crippen LogP contribution in [-0.2, 0) is 9.53 Å². The van der Waals surface area contributed by atoms with E-state index in [1.807, 2.05) is 0 Å². The Morgan fingerprint density at radius 2 is 1.62 bits per heavy atom. The molecule has 0 fully saturated rings. The molecule has 0 bridgehead atoms. The van der Waals surface area contributed by atoms with Gasteiger partial charge in [0.15, 0.2) is 0 Å². The molecule has 0 spiro atoms. The van der Waals surface area contributed by atoms with Crippen LogP contribution in [0.3, 0.4) is 0 Å². The summed E-state index contributed by atoms with van der Waals surface area (Å²) < 4.78 is 4.81. The summed E-state index contributed by atoms with van der Waals surface area (Å²) in [6.45, 7) is 4.26. The number of hydrogen-bond donors (Lipinski definition) is 0. The molecule has 0 aromatic rings. The van der Waals surface area contributed by atoms with Crippen LogP contribution >= 0.6 is 12.4 Å². The molecule has 0 aromatic heterocycles. The Morgan fingerprint density at radius 1 is 1.08 bits per heavy atom. The molecule has 0 heterocycles. The fourth-order valence-electron chi connectivity index (χ4n) is 1.10. The van der Waals surface area contributed by atoms with E-state index in [0.29, 0.717) is 6.61 Å². The molecule has 80 valence electrons. The Bertz CT molecular complexity index is 115. The zero-order valence-corrected chi connectivity index (χ0v) is 9.49. The number of esters is 1. The van der Waals surface area contributed by atoms with Gasteiger partial charge in [-0.3, -0.25) is 4.79 Å². The van der Waals surface area contributed by atoms with E-state index < -0.39 is 0 Å². The van der Waals surface area contributed by atoms with Crippen LogP contribution < -0.4 is 0 Å². The maximum absolute atomic E-state index is 10.4. The van der Waals surface area contributed by atoms with E-state index in [2.05, 4.69) is 6.92 Å². The van der Waals surface area contributed by atoms with Crippen LogP contribution in [0.5, 0.6) is 0 Å². The van der Waals surface area contributed by atoms with E-state index in [1.54, 1.807) is 0 Å². The maximum atomic E-state index is 10.4. The summed E-state index contributed by atoms with van der Waals surface area (Å²) in [6.07, 6.45) is 7.40. The van der Waals surface area contributed by atoms with Crippen LogP contribution in [0, 0.1) is 0 Å². The van der Waals surface area contributed by atoms with E-state index in [-0.39, 0.29) is 18.4 Å². The summed E-state index contributed by atoms with van der Waals surface area (Å²) >= 11 is 0. The average Bonchev–Trinajstić information content (AvgIpc) is 2.02. The van der Waals surface area contributed by atoms with Gasteiger partial charge in [-0.2, -0.15) is 0 Å². The minimum absolute atomic E-state index is 0. The van der Waals surface area contributed by atoms with Crippen molar-refractivity contribution in [3.8, 4) is 0 Å². The van der Waals surface area contributed by atoms with Crippen molar-refractivity contribution in [3.05, 3.63) is 0 Å². The van der Waals surface area contributed by atoms with Gasteiger partial charge < -0.3 is 4.74 Å². The Balaban J connectivity index is 0. The lowest BCUT2D eigenvalue weighted by atomic mass is 10.1. The molecule has 0 amide bonds. The molecule has 2 nitrogen and oxygen atoms in total. The summed E-state index contributed by atoms with van der Waals surface area (Å²) in [5.41, 5.74) is 0. The molecule has 0 N–H and O–H groups in total. The third-order valence-electron chi connectivity index (χ3n) is 1.80. The quantitative estimate of drug-likeness (QED) is 0.474. The normalized spacial score (nSPS) is 9.08. The third kappa shape index (κ3) is 14.6. The van der Waals surface area contributed by atoms with Gasteiger partial charge in [0, 0.05) is 6.92 Å². The van der Waals surface area contributed by atoms with E-state index >= 15 is 0 Å². The molecule has 0 unspecified atom stereocenters. The first kappa shape index (κ1) is 15.2. The van der Waals surface area contributed by atoms with Gasteiger partial charge in [-0.25, -0.2) is 0 Å². The number of rotatable bonds is 7. The molecular formula is C10H21ClO2.